The summed E-state index contributed by atoms with van der Waals surface area (Å²) in [5.74, 6) is -2.06. The molecule has 47 heavy (non-hydrogen) atoms. The van der Waals surface area contributed by atoms with E-state index in [1.165, 1.54) is 30.3 Å². The van der Waals surface area contributed by atoms with Crippen molar-refractivity contribution in [1.29, 1.82) is 5.26 Å². The summed E-state index contributed by atoms with van der Waals surface area (Å²) in [4.78, 5) is 46.6. The molecular weight excluding hydrogens is 592 g/mol. The third-order valence-corrected chi connectivity index (χ3v) is 7.15. The summed E-state index contributed by atoms with van der Waals surface area (Å²) in [5, 5.41) is 21.1. The molecule has 0 unspecified atom stereocenters. The van der Waals surface area contributed by atoms with Crippen molar-refractivity contribution in [2.75, 3.05) is 5.32 Å². The average Bonchev–Trinajstić information content (AvgIpc) is 3.11. The first-order valence-corrected chi connectivity index (χ1v) is 14.4. The Balaban J connectivity index is 1.19. The number of aromatic carboxylic acids is 1. The van der Waals surface area contributed by atoms with E-state index in [-0.39, 0.29) is 16.9 Å². The van der Waals surface area contributed by atoms with Gasteiger partial charge in [-0.2, -0.15) is 5.26 Å². The van der Waals surface area contributed by atoms with Crippen molar-refractivity contribution in [3.8, 4) is 34.3 Å². The van der Waals surface area contributed by atoms with Crippen LogP contribution in [-0.2, 0) is 4.79 Å². The lowest BCUT2D eigenvalue weighted by Crippen LogP contribution is -2.13. The summed E-state index contributed by atoms with van der Waals surface area (Å²) < 4.78 is 5.60. The van der Waals surface area contributed by atoms with Gasteiger partial charge in [-0.15, -0.1) is 0 Å². The third-order valence-electron chi connectivity index (χ3n) is 7.15. The fourth-order valence-electron chi connectivity index (χ4n) is 4.78. The maximum absolute atomic E-state index is 13.1. The van der Waals surface area contributed by atoms with Crippen LogP contribution in [0.5, 0.6) is 5.75 Å². The molecule has 0 saturated heterocycles. The van der Waals surface area contributed by atoms with Gasteiger partial charge in [-0.1, -0.05) is 72.8 Å². The van der Waals surface area contributed by atoms with Crippen LogP contribution in [0, 0.1) is 11.3 Å². The molecule has 5 aromatic carbocycles. The monoisotopic (exact) mass is 616 g/mol. The van der Waals surface area contributed by atoms with Crippen LogP contribution in [0.3, 0.4) is 0 Å². The number of carboxylic acid groups (broad SMARTS) is 1. The molecule has 0 radical (unpaired) electrons. The molecule has 0 bridgehead atoms. The molecule has 6 aromatic rings. The number of esters is 1. The highest BCUT2D eigenvalue weighted by Crippen LogP contribution is 2.31. The average molecular weight is 617 g/mol. The van der Waals surface area contributed by atoms with Gasteiger partial charge in [0.1, 0.15) is 17.4 Å². The molecule has 226 valence electrons. The van der Waals surface area contributed by atoms with E-state index < -0.39 is 17.8 Å². The maximum atomic E-state index is 13.1. The molecule has 1 amide bonds. The van der Waals surface area contributed by atoms with Crippen LogP contribution in [0.2, 0.25) is 0 Å². The van der Waals surface area contributed by atoms with Crippen molar-refractivity contribution >= 4 is 40.6 Å². The van der Waals surface area contributed by atoms with Crippen LogP contribution in [0.25, 0.3) is 39.6 Å². The van der Waals surface area contributed by atoms with E-state index in [4.69, 9.17) is 19.8 Å². The number of carbonyl (C=O) groups excluding carboxylic acids is 2. The quantitative estimate of drug-likeness (QED) is 0.0778. The Kier molecular flexibility index (Phi) is 8.57. The molecule has 9 nitrogen and oxygen atoms in total. The van der Waals surface area contributed by atoms with Gasteiger partial charge in [-0.25, -0.2) is 19.6 Å². The molecule has 0 aliphatic heterocycles. The number of benzene rings is 5. The van der Waals surface area contributed by atoms with E-state index in [9.17, 15) is 19.6 Å². The van der Waals surface area contributed by atoms with Crippen molar-refractivity contribution in [2.24, 2.45) is 0 Å². The number of ether oxygens (including phenoxy) is 1. The van der Waals surface area contributed by atoms with Crippen molar-refractivity contribution in [2.45, 2.75) is 0 Å². The van der Waals surface area contributed by atoms with Gasteiger partial charge < -0.3 is 15.2 Å². The number of rotatable bonds is 8. The molecule has 2 N–H and O–H groups in total. The SMILES string of the molecule is N#C/C(=C\c1ccc(OC(=O)c2ccc3nc(-c4ccccc4)c(-c4ccccc4)nc3c2)cc1)C(=O)Nc1ccc(C(=O)O)cc1. The molecule has 0 saturated carbocycles. The second-order valence-electron chi connectivity index (χ2n) is 10.3. The number of carboxylic acids is 1. The van der Waals surface area contributed by atoms with Gasteiger partial charge in [0.2, 0.25) is 0 Å². The van der Waals surface area contributed by atoms with Crippen LogP contribution in [0.4, 0.5) is 5.69 Å². The molecule has 1 aromatic heterocycles. The standard InChI is InChI=1S/C38H24N4O5/c39-23-29(36(43)40-30-16-13-27(14-17-30)37(44)45)21-24-11-18-31(19-12-24)47-38(46)28-15-20-32-33(22-28)42-35(26-9-5-2-6-10-26)34(41-32)25-7-3-1-4-8-25/h1-22H,(H,40,43)(H,44,45)/b29-21+. The minimum atomic E-state index is -1.09. The lowest BCUT2D eigenvalue weighted by molar-refractivity contribution is -0.112. The van der Waals surface area contributed by atoms with Crippen molar-refractivity contribution < 1.29 is 24.2 Å². The number of hydrogen-bond donors (Lipinski definition) is 2. The molecule has 9 heteroatoms. The highest BCUT2D eigenvalue weighted by Gasteiger charge is 2.16. The second kappa shape index (κ2) is 13.4. The molecule has 0 fully saturated rings. The first-order chi connectivity index (χ1) is 22.9. The van der Waals surface area contributed by atoms with Crippen LogP contribution < -0.4 is 10.1 Å². The summed E-state index contributed by atoms with van der Waals surface area (Å²) in [5.41, 5.74) is 5.50. The number of nitrogens with zero attached hydrogens (tertiary/aromatic N) is 3. The van der Waals surface area contributed by atoms with E-state index >= 15 is 0 Å². The maximum Gasteiger partial charge on any atom is 0.343 e. The Morgan fingerprint density at radius 2 is 1.28 bits per heavy atom. The lowest BCUT2D eigenvalue weighted by Gasteiger charge is -2.11. The van der Waals surface area contributed by atoms with Crippen LogP contribution >= 0.6 is 0 Å². The summed E-state index contributed by atoms with van der Waals surface area (Å²) in [6.45, 7) is 0. The summed E-state index contributed by atoms with van der Waals surface area (Å²) in [6.07, 6.45) is 1.39. The van der Waals surface area contributed by atoms with Crippen LogP contribution in [0.1, 0.15) is 26.3 Å². The number of hydrogen-bond acceptors (Lipinski definition) is 7. The van der Waals surface area contributed by atoms with Gasteiger partial charge >= 0.3 is 11.9 Å². The third kappa shape index (κ3) is 6.93. The van der Waals surface area contributed by atoms with Crippen LogP contribution in [0.15, 0.2) is 133 Å². The normalized spacial score (nSPS) is 11.0. The second-order valence-corrected chi connectivity index (χ2v) is 10.3. The van der Waals surface area contributed by atoms with E-state index in [0.29, 0.717) is 33.5 Å². The number of fused-ring (bicyclic) bond motifs is 1. The highest BCUT2D eigenvalue weighted by atomic mass is 16.5. The van der Waals surface area contributed by atoms with Gasteiger partial charge in [0.05, 0.1) is 33.5 Å². The van der Waals surface area contributed by atoms with E-state index in [2.05, 4.69) is 5.32 Å². The minimum absolute atomic E-state index is 0.0729. The molecule has 1 heterocycles. The Morgan fingerprint density at radius 3 is 1.85 bits per heavy atom. The predicted octanol–water partition coefficient (Wildman–Crippen LogP) is 7.43. The van der Waals surface area contributed by atoms with Gasteiger partial charge in [-0.3, -0.25) is 4.79 Å². The topological polar surface area (TPSA) is 142 Å². The lowest BCUT2D eigenvalue weighted by atomic mass is 10.0. The van der Waals surface area contributed by atoms with E-state index in [1.54, 1.807) is 42.5 Å². The number of nitriles is 1. The fourth-order valence-corrected chi connectivity index (χ4v) is 4.78. The van der Waals surface area contributed by atoms with Gasteiger partial charge in [0.25, 0.3) is 5.91 Å². The first-order valence-electron chi connectivity index (χ1n) is 14.4. The minimum Gasteiger partial charge on any atom is -0.478 e. The zero-order valence-electron chi connectivity index (χ0n) is 24.6. The molecule has 0 aliphatic rings. The van der Waals surface area contributed by atoms with E-state index in [0.717, 1.165) is 16.8 Å². The Morgan fingerprint density at radius 1 is 0.702 bits per heavy atom. The number of nitrogens with one attached hydrogen (secondary N) is 1. The molecular formula is C38H24N4O5. The zero-order valence-corrected chi connectivity index (χ0v) is 24.6. The van der Waals surface area contributed by atoms with Crippen LogP contribution in [-0.4, -0.2) is 32.9 Å². The molecule has 0 aliphatic carbocycles. The Hall–Kier alpha value is -6.92. The summed E-state index contributed by atoms with van der Waals surface area (Å²) in [6, 6.07) is 38.3. The number of carbonyl (C=O) groups is 3. The highest BCUT2D eigenvalue weighted by molar-refractivity contribution is 6.09. The van der Waals surface area contributed by atoms with Gasteiger partial charge in [-0.05, 0) is 66.2 Å². The smallest absolute Gasteiger partial charge is 0.343 e. The van der Waals surface area contributed by atoms with Gasteiger partial charge in [0.15, 0.2) is 0 Å². The van der Waals surface area contributed by atoms with Gasteiger partial charge in [0, 0.05) is 16.8 Å². The summed E-state index contributed by atoms with van der Waals surface area (Å²) >= 11 is 0. The van der Waals surface area contributed by atoms with Crippen molar-refractivity contribution in [1.82, 2.24) is 9.97 Å². The predicted molar refractivity (Wildman–Crippen MR) is 177 cm³/mol. The van der Waals surface area contributed by atoms with E-state index in [1.807, 2.05) is 66.7 Å². The van der Waals surface area contributed by atoms with Crippen molar-refractivity contribution in [3.05, 3.63) is 150 Å². The molecule has 0 atom stereocenters. The zero-order chi connectivity index (χ0) is 32.8. The summed E-state index contributed by atoms with van der Waals surface area (Å²) in [7, 11) is 0. The molecule has 0 spiro atoms. The largest absolute Gasteiger partial charge is 0.478 e. The number of aromatic nitrogens is 2. The first kappa shape index (κ1) is 30.1. The number of anilines is 1. The Labute approximate surface area is 269 Å². The Bertz CT molecular complexity index is 2190. The number of amides is 1. The molecule has 6 rings (SSSR count). The fraction of sp³-hybridized carbons (Fsp3) is 0. The van der Waals surface area contributed by atoms with Crippen molar-refractivity contribution in [3.63, 3.8) is 0 Å².